The first-order valence-corrected chi connectivity index (χ1v) is 4.40. The number of thioether (sulfide) groups is 1. The maximum absolute atomic E-state index is 12.4. The molecular formula is C8H10ClFNS-. The van der Waals surface area contributed by atoms with Gasteiger partial charge in [0.05, 0.1) is 0 Å². The average molecular weight is 207 g/mol. The van der Waals surface area contributed by atoms with Crippen LogP contribution < -0.4 is 18.1 Å². The molecule has 0 aliphatic carbocycles. The van der Waals surface area contributed by atoms with Crippen molar-refractivity contribution in [3.63, 3.8) is 0 Å². The fourth-order valence-corrected chi connectivity index (χ4v) is 1.39. The number of benzene rings is 1. The quantitative estimate of drug-likeness (QED) is 0.635. The molecule has 0 unspecified atom stereocenters. The molecule has 0 aliphatic heterocycles. The van der Waals surface area contributed by atoms with Gasteiger partial charge in [-0.15, -0.1) is 11.8 Å². The first kappa shape index (κ1) is 11.8. The van der Waals surface area contributed by atoms with Gasteiger partial charge in [-0.3, -0.25) is 0 Å². The van der Waals surface area contributed by atoms with Crippen LogP contribution in [0.3, 0.4) is 0 Å². The van der Waals surface area contributed by atoms with E-state index in [1.807, 2.05) is 0 Å². The predicted octanol–water partition coefficient (Wildman–Crippen LogP) is -1.12. The van der Waals surface area contributed by atoms with Crippen LogP contribution in [0.15, 0.2) is 29.2 Å². The van der Waals surface area contributed by atoms with Gasteiger partial charge in [0.25, 0.3) is 0 Å². The summed E-state index contributed by atoms with van der Waals surface area (Å²) in [5, 5.41) is 0. The van der Waals surface area contributed by atoms with E-state index in [4.69, 9.17) is 5.73 Å². The number of hydrogen-bond donors (Lipinski definition) is 1. The highest BCUT2D eigenvalue weighted by Gasteiger charge is 1.92. The zero-order chi connectivity index (χ0) is 8.10. The van der Waals surface area contributed by atoms with Gasteiger partial charge in [0, 0.05) is 17.2 Å². The number of rotatable bonds is 3. The first-order chi connectivity index (χ1) is 5.33. The maximum Gasteiger partial charge on any atom is 0.123 e. The Kier molecular flexibility index (Phi) is 6.16. The van der Waals surface area contributed by atoms with Crippen molar-refractivity contribution in [1.29, 1.82) is 0 Å². The summed E-state index contributed by atoms with van der Waals surface area (Å²) in [6, 6.07) is 6.43. The molecule has 1 nitrogen and oxygen atoms in total. The van der Waals surface area contributed by atoms with Crippen LogP contribution in [-0.4, -0.2) is 12.3 Å². The smallest absolute Gasteiger partial charge is 0.123 e. The summed E-state index contributed by atoms with van der Waals surface area (Å²) in [6.45, 7) is 0.655. The van der Waals surface area contributed by atoms with Crippen LogP contribution in [0.25, 0.3) is 0 Å². The second-order valence-electron chi connectivity index (χ2n) is 2.09. The number of halogens is 2. The van der Waals surface area contributed by atoms with Crippen molar-refractivity contribution < 1.29 is 16.8 Å². The van der Waals surface area contributed by atoms with E-state index in [1.165, 1.54) is 12.1 Å². The van der Waals surface area contributed by atoms with Crippen molar-refractivity contribution in [2.75, 3.05) is 12.3 Å². The third kappa shape index (κ3) is 3.95. The van der Waals surface area contributed by atoms with Gasteiger partial charge in [0.2, 0.25) is 0 Å². The lowest BCUT2D eigenvalue weighted by molar-refractivity contribution is -0.00000292. The molecule has 4 heteroatoms. The summed E-state index contributed by atoms with van der Waals surface area (Å²) in [5.74, 6) is 0.688. The molecule has 0 amide bonds. The van der Waals surface area contributed by atoms with E-state index in [0.717, 1.165) is 10.6 Å². The molecule has 12 heavy (non-hydrogen) atoms. The molecule has 0 atom stereocenters. The minimum atomic E-state index is -0.193. The summed E-state index contributed by atoms with van der Waals surface area (Å²) < 4.78 is 12.4. The fourth-order valence-electron chi connectivity index (χ4n) is 0.708. The van der Waals surface area contributed by atoms with E-state index < -0.39 is 0 Å². The van der Waals surface area contributed by atoms with Crippen LogP contribution in [0.2, 0.25) is 0 Å². The summed E-state index contributed by atoms with van der Waals surface area (Å²) in [5.41, 5.74) is 5.31. The van der Waals surface area contributed by atoms with Gasteiger partial charge in [-0.2, -0.15) is 0 Å². The predicted molar refractivity (Wildman–Crippen MR) is 46.2 cm³/mol. The molecule has 68 valence electrons. The van der Waals surface area contributed by atoms with Crippen LogP contribution in [0, 0.1) is 5.82 Å². The molecule has 0 fully saturated rings. The molecule has 0 aliphatic rings. The Bertz CT molecular complexity index is 215. The SMILES string of the molecule is NCCSc1ccc(F)cc1.[Cl-]. The second kappa shape index (κ2) is 6.29. The topological polar surface area (TPSA) is 26.0 Å². The van der Waals surface area contributed by atoms with Crippen LogP contribution in [-0.2, 0) is 0 Å². The van der Waals surface area contributed by atoms with Crippen molar-refractivity contribution in [3.8, 4) is 0 Å². The van der Waals surface area contributed by atoms with Crippen molar-refractivity contribution in [1.82, 2.24) is 0 Å². The average Bonchev–Trinajstić information content (AvgIpc) is 2.04. The number of nitrogens with two attached hydrogens (primary N) is 1. The van der Waals surface area contributed by atoms with Crippen LogP contribution in [0.5, 0.6) is 0 Å². The molecule has 0 spiro atoms. The van der Waals surface area contributed by atoms with Crippen molar-refractivity contribution >= 4 is 11.8 Å². The first-order valence-electron chi connectivity index (χ1n) is 3.41. The molecule has 1 aromatic rings. The van der Waals surface area contributed by atoms with Gasteiger partial charge in [-0.25, -0.2) is 4.39 Å². The van der Waals surface area contributed by atoms with Crippen LogP contribution >= 0.6 is 11.8 Å². The van der Waals surface area contributed by atoms with Gasteiger partial charge in [0.1, 0.15) is 5.82 Å². The minimum Gasteiger partial charge on any atom is -1.00 e. The Morgan fingerprint density at radius 3 is 2.33 bits per heavy atom. The highest BCUT2D eigenvalue weighted by molar-refractivity contribution is 7.99. The molecule has 0 saturated carbocycles. The molecular weight excluding hydrogens is 197 g/mol. The Hall–Kier alpha value is -0.250. The standard InChI is InChI=1S/C8H10FNS.ClH/c9-7-1-3-8(4-2-7)11-6-5-10;/h1-4H,5-6,10H2;1H/p-1. The monoisotopic (exact) mass is 206 g/mol. The van der Waals surface area contributed by atoms with Crippen molar-refractivity contribution in [2.45, 2.75) is 4.90 Å². The van der Waals surface area contributed by atoms with E-state index in [-0.39, 0.29) is 18.2 Å². The lowest BCUT2D eigenvalue weighted by Crippen LogP contribution is -3.00. The van der Waals surface area contributed by atoms with Crippen molar-refractivity contribution in [3.05, 3.63) is 30.1 Å². The third-order valence-electron chi connectivity index (χ3n) is 1.20. The molecule has 1 aromatic carbocycles. The normalized spacial score (nSPS) is 9.17. The highest BCUT2D eigenvalue weighted by atomic mass is 35.5. The van der Waals surface area contributed by atoms with Gasteiger partial charge >= 0.3 is 0 Å². The van der Waals surface area contributed by atoms with Gasteiger partial charge in [-0.1, -0.05) is 0 Å². The van der Waals surface area contributed by atoms with Gasteiger partial charge in [0.15, 0.2) is 0 Å². The van der Waals surface area contributed by atoms with E-state index in [2.05, 4.69) is 0 Å². The van der Waals surface area contributed by atoms with Crippen LogP contribution in [0.4, 0.5) is 4.39 Å². The van der Waals surface area contributed by atoms with E-state index in [1.54, 1.807) is 23.9 Å². The second-order valence-corrected chi connectivity index (χ2v) is 3.26. The van der Waals surface area contributed by atoms with Gasteiger partial charge in [-0.05, 0) is 24.3 Å². The largest absolute Gasteiger partial charge is 1.00 e. The number of hydrogen-bond acceptors (Lipinski definition) is 2. The molecule has 1 rings (SSSR count). The lowest BCUT2D eigenvalue weighted by atomic mass is 10.4. The third-order valence-corrected chi connectivity index (χ3v) is 2.25. The van der Waals surface area contributed by atoms with E-state index in [0.29, 0.717) is 6.54 Å². The highest BCUT2D eigenvalue weighted by Crippen LogP contribution is 2.16. The van der Waals surface area contributed by atoms with Crippen molar-refractivity contribution in [2.24, 2.45) is 5.73 Å². The lowest BCUT2D eigenvalue weighted by Gasteiger charge is -1.97. The Labute approximate surface area is 81.9 Å². The van der Waals surface area contributed by atoms with Crippen LogP contribution in [0.1, 0.15) is 0 Å². The molecule has 0 radical (unpaired) electrons. The summed E-state index contributed by atoms with van der Waals surface area (Å²) in [6.07, 6.45) is 0. The zero-order valence-electron chi connectivity index (χ0n) is 6.47. The Morgan fingerprint density at radius 2 is 1.83 bits per heavy atom. The molecule has 2 N–H and O–H groups in total. The Morgan fingerprint density at radius 1 is 1.25 bits per heavy atom. The van der Waals surface area contributed by atoms with E-state index in [9.17, 15) is 4.39 Å². The summed E-state index contributed by atoms with van der Waals surface area (Å²) >= 11 is 1.64. The minimum absolute atomic E-state index is 0. The van der Waals surface area contributed by atoms with E-state index >= 15 is 0 Å². The molecule has 0 bridgehead atoms. The maximum atomic E-state index is 12.4. The molecule has 0 aromatic heterocycles. The zero-order valence-corrected chi connectivity index (χ0v) is 8.04. The summed E-state index contributed by atoms with van der Waals surface area (Å²) in [4.78, 5) is 1.07. The van der Waals surface area contributed by atoms with Gasteiger partial charge < -0.3 is 18.1 Å². The molecule has 0 heterocycles. The summed E-state index contributed by atoms with van der Waals surface area (Å²) in [7, 11) is 0. The Balaban J connectivity index is 0.00000121. The fraction of sp³-hybridized carbons (Fsp3) is 0.250. The molecule has 0 saturated heterocycles.